The topological polar surface area (TPSA) is 83.1 Å². The highest BCUT2D eigenvalue weighted by Gasteiger charge is 2.22. The molecule has 6 nitrogen and oxygen atoms in total. The van der Waals surface area contributed by atoms with E-state index in [1.807, 2.05) is 13.0 Å². The average molecular weight is 276 g/mol. The summed E-state index contributed by atoms with van der Waals surface area (Å²) in [6.07, 6.45) is 3.98. The molecule has 3 N–H and O–H groups in total. The third-order valence-corrected chi connectivity index (χ3v) is 3.13. The summed E-state index contributed by atoms with van der Waals surface area (Å²) in [6.45, 7) is 2.19. The van der Waals surface area contributed by atoms with Crippen LogP contribution in [0.4, 0.5) is 5.69 Å². The van der Waals surface area contributed by atoms with Crippen LogP contribution in [0.5, 0.6) is 0 Å². The third-order valence-electron chi connectivity index (χ3n) is 3.13. The Kier molecular flexibility index (Phi) is 4.55. The number of nitrogens with one attached hydrogen (secondary N) is 3. The Labute approximate surface area is 118 Å². The van der Waals surface area contributed by atoms with Gasteiger partial charge in [-0.15, -0.1) is 0 Å². The number of aryl methyl sites for hydroxylation is 1. The van der Waals surface area contributed by atoms with E-state index in [1.165, 1.54) is 0 Å². The van der Waals surface area contributed by atoms with Gasteiger partial charge in [0, 0.05) is 37.9 Å². The van der Waals surface area contributed by atoms with E-state index >= 15 is 0 Å². The summed E-state index contributed by atoms with van der Waals surface area (Å²) in [6, 6.07) is 2.17. The van der Waals surface area contributed by atoms with E-state index < -0.39 is 0 Å². The predicted molar refractivity (Wildman–Crippen MR) is 76.6 cm³/mol. The van der Waals surface area contributed by atoms with Crippen molar-refractivity contribution in [3.63, 3.8) is 0 Å². The predicted octanol–water partition coefficient (Wildman–Crippen LogP) is 0.830. The van der Waals surface area contributed by atoms with Gasteiger partial charge in [-0.05, 0) is 25.8 Å². The summed E-state index contributed by atoms with van der Waals surface area (Å²) in [5.41, 5.74) is 2.06. The van der Waals surface area contributed by atoms with Crippen LogP contribution in [0.1, 0.15) is 35.3 Å². The van der Waals surface area contributed by atoms with Gasteiger partial charge >= 0.3 is 0 Å². The molecule has 2 amide bonds. The first-order valence-electron chi connectivity index (χ1n) is 6.82. The minimum absolute atomic E-state index is 0.0105. The average Bonchev–Trinajstić information content (AvgIpc) is 3.22. The number of aromatic nitrogens is 1. The quantitative estimate of drug-likeness (QED) is 0.718. The second-order valence-corrected chi connectivity index (χ2v) is 4.97. The van der Waals surface area contributed by atoms with Crippen LogP contribution in [-0.2, 0) is 4.79 Å². The highest BCUT2D eigenvalue weighted by Crippen LogP contribution is 2.18. The minimum Gasteiger partial charge on any atom is -0.387 e. The number of carbonyl (C=O) groups is 2. The molecular weight excluding hydrogens is 256 g/mol. The van der Waals surface area contributed by atoms with E-state index in [4.69, 9.17) is 0 Å². The van der Waals surface area contributed by atoms with Crippen molar-refractivity contribution in [2.75, 3.05) is 18.9 Å². The van der Waals surface area contributed by atoms with Crippen molar-refractivity contribution in [2.24, 2.45) is 0 Å². The molecule has 1 fully saturated rings. The lowest BCUT2D eigenvalue weighted by atomic mass is 10.2. The van der Waals surface area contributed by atoms with E-state index in [1.54, 1.807) is 13.2 Å². The van der Waals surface area contributed by atoms with Gasteiger partial charge in [-0.1, -0.05) is 0 Å². The first-order chi connectivity index (χ1) is 9.60. The lowest BCUT2D eigenvalue weighted by Crippen LogP contribution is -2.32. The van der Waals surface area contributed by atoms with E-state index in [0.29, 0.717) is 24.6 Å². The van der Waals surface area contributed by atoms with Crippen LogP contribution in [0.25, 0.3) is 0 Å². The van der Waals surface area contributed by atoms with Gasteiger partial charge in [0.2, 0.25) is 5.91 Å². The molecule has 2 rings (SSSR count). The Morgan fingerprint density at radius 3 is 2.80 bits per heavy atom. The Bertz CT molecular complexity index is 512. The van der Waals surface area contributed by atoms with Crippen molar-refractivity contribution in [3.8, 4) is 0 Å². The molecule has 0 radical (unpaired) electrons. The number of amides is 2. The monoisotopic (exact) mass is 276 g/mol. The molecule has 0 aromatic carbocycles. The fourth-order valence-electron chi connectivity index (χ4n) is 1.86. The summed E-state index contributed by atoms with van der Waals surface area (Å²) in [4.78, 5) is 27.6. The highest BCUT2D eigenvalue weighted by molar-refractivity contribution is 5.99. The van der Waals surface area contributed by atoms with Crippen molar-refractivity contribution in [1.82, 2.24) is 15.6 Å². The molecule has 0 unspecified atom stereocenters. The molecular formula is C14H20N4O2. The largest absolute Gasteiger partial charge is 0.387 e. The van der Waals surface area contributed by atoms with Crippen LogP contribution in [0.3, 0.4) is 0 Å². The van der Waals surface area contributed by atoms with Crippen molar-refractivity contribution >= 4 is 17.5 Å². The maximum absolute atomic E-state index is 12.0. The molecule has 0 saturated heterocycles. The molecule has 0 aliphatic heterocycles. The Hall–Kier alpha value is -2.11. The van der Waals surface area contributed by atoms with Gasteiger partial charge in [0.15, 0.2) is 0 Å². The van der Waals surface area contributed by atoms with Gasteiger partial charge < -0.3 is 16.0 Å². The summed E-state index contributed by atoms with van der Waals surface area (Å²) >= 11 is 0. The molecule has 108 valence electrons. The summed E-state index contributed by atoms with van der Waals surface area (Å²) in [5.74, 6) is -0.232. The maximum Gasteiger partial charge on any atom is 0.254 e. The van der Waals surface area contributed by atoms with Crippen molar-refractivity contribution in [1.29, 1.82) is 0 Å². The molecule has 1 aromatic heterocycles. The third kappa shape index (κ3) is 3.94. The van der Waals surface area contributed by atoms with Gasteiger partial charge in [-0.3, -0.25) is 14.6 Å². The van der Waals surface area contributed by atoms with Crippen molar-refractivity contribution in [3.05, 3.63) is 23.5 Å². The molecule has 1 heterocycles. The SMILES string of the molecule is CNc1cc(C)ncc1C(=O)NCCC(=O)NC1CC1. The zero-order chi connectivity index (χ0) is 14.5. The van der Waals surface area contributed by atoms with Crippen LogP contribution in [-0.4, -0.2) is 36.4 Å². The number of pyridine rings is 1. The molecule has 1 aliphatic carbocycles. The smallest absolute Gasteiger partial charge is 0.254 e. The molecule has 0 atom stereocenters. The van der Waals surface area contributed by atoms with E-state index in [2.05, 4.69) is 20.9 Å². The fourth-order valence-corrected chi connectivity index (χ4v) is 1.86. The zero-order valence-electron chi connectivity index (χ0n) is 11.8. The summed E-state index contributed by atoms with van der Waals surface area (Å²) < 4.78 is 0. The molecule has 1 saturated carbocycles. The standard InChI is InChI=1S/C14H20N4O2/c1-9-7-12(15-2)11(8-17-9)14(20)16-6-5-13(19)18-10-3-4-10/h7-8,10H,3-6H2,1-2H3,(H,15,17)(H,16,20)(H,18,19). The number of nitrogens with zero attached hydrogens (tertiary/aromatic N) is 1. The van der Waals surface area contributed by atoms with E-state index in [-0.39, 0.29) is 11.8 Å². The second-order valence-electron chi connectivity index (χ2n) is 4.97. The molecule has 6 heteroatoms. The van der Waals surface area contributed by atoms with Crippen LogP contribution in [0, 0.1) is 6.92 Å². The molecule has 1 aliphatic rings. The lowest BCUT2D eigenvalue weighted by Gasteiger charge is -2.10. The van der Waals surface area contributed by atoms with Crippen LogP contribution >= 0.6 is 0 Å². The van der Waals surface area contributed by atoms with Gasteiger partial charge in [-0.2, -0.15) is 0 Å². The van der Waals surface area contributed by atoms with E-state index in [9.17, 15) is 9.59 Å². The zero-order valence-corrected chi connectivity index (χ0v) is 11.8. The van der Waals surface area contributed by atoms with Crippen LogP contribution < -0.4 is 16.0 Å². The highest BCUT2D eigenvalue weighted by atomic mass is 16.2. The fraction of sp³-hybridized carbons (Fsp3) is 0.500. The van der Waals surface area contributed by atoms with Gasteiger partial charge in [0.25, 0.3) is 5.91 Å². The number of anilines is 1. The van der Waals surface area contributed by atoms with Crippen LogP contribution in [0.2, 0.25) is 0 Å². The number of rotatable bonds is 6. The first-order valence-corrected chi connectivity index (χ1v) is 6.82. The number of hydrogen-bond donors (Lipinski definition) is 3. The molecule has 0 bridgehead atoms. The Morgan fingerprint density at radius 2 is 2.15 bits per heavy atom. The maximum atomic E-state index is 12.0. The van der Waals surface area contributed by atoms with Crippen molar-refractivity contribution in [2.45, 2.75) is 32.2 Å². The van der Waals surface area contributed by atoms with Gasteiger partial charge in [-0.25, -0.2) is 0 Å². The van der Waals surface area contributed by atoms with E-state index in [0.717, 1.165) is 24.2 Å². The van der Waals surface area contributed by atoms with Gasteiger partial charge in [0.05, 0.1) is 11.3 Å². The van der Waals surface area contributed by atoms with Gasteiger partial charge in [0.1, 0.15) is 0 Å². The summed E-state index contributed by atoms with van der Waals surface area (Å²) in [5, 5.41) is 8.59. The number of hydrogen-bond acceptors (Lipinski definition) is 4. The summed E-state index contributed by atoms with van der Waals surface area (Å²) in [7, 11) is 1.76. The normalized spacial score (nSPS) is 13.7. The number of carbonyl (C=O) groups excluding carboxylic acids is 2. The second kappa shape index (κ2) is 6.36. The minimum atomic E-state index is -0.221. The van der Waals surface area contributed by atoms with Crippen molar-refractivity contribution < 1.29 is 9.59 Å². The Balaban J connectivity index is 1.83. The first kappa shape index (κ1) is 14.3. The Morgan fingerprint density at radius 1 is 1.40 bits per heavy atom. The molecule has 0 spiro atoms. The lowest BCUT2D eigenvalue weighted by molar-refractivity contribution is -0.121. The molecule has 1 aromatic rings. The van der Waals surface area contributed by atoms with Crippen LogP contribution in [0.15, 0.2) is 12.3 Å². The molecule has 20 heavy (non-hydrogen) atoms.